The molecule has 4 bridgehead atoms. The van der Waals surface area contributed by atoms with Gasteiger partial charge in [-0.25, -0.2) is 0 Å². The van der Waals surface area contributed by atoms with Crippen molar-refractivity contribution in [2.45, 2.75) is 43.3 Å². The monoisotopic (exact) mass is 622 g/mol. The van der Waals surface area contributed by atoms with Crippen molar-refractivity contribution in [2.24, 2.45) is 41.4 Å². The predicted molar refractivity (Wildman–Crippen MR) is 132 cm³/mol. The van der Waals surface area contributed by atoms with E-state index in [1.807, 2.05) is 0 Å². The van der Waals surface area contributed by atoms with Gasteiger partial charge in [0.2, 0.25) is 0 Å². The fraction of sp³-hybridized carbons (Fsp3) is 0.538. The molecule has 7 atom stereocenters. The molecule has 6 rings (SSSR count). The summed E-state index contributed by atoms with van der Waals surface area (Å²) in [4.78, 5) is 0. The second kappa shape index (κ2) is 8.41. The first-order chi connectivity index (χ1) is 16.6. The quantitative estimate of drug-likeness (QED) is 0.189. The van der Waals surface area contributed by atoms with Gasteiger partial charge in [0.15, 0.2) is 0 Å². The zero-order valence-corrected chi connectivity index (χ0v) is 21.8. The van der Waals surface area contributed by atoms with Crippen molar-refractivity contribution >= 4 is 30.4 Å². The number of alkyl halides is 4. The van der Waals surface area contributed by atoms with E-state index in [2.05, 4.69) is 0 Å². The second-order valence-corrected chi connectivity index (χ2v) is 17.0. The van der Waals surface area contributed by atoms with Crippen LogP contribution in [0.5, 0.6) is 0 Å². The van der Waals surface area contributed by atoms with Crippen LogP contribution < -0.4 is 0 Å². The van der Waals surface area contributed by atoms with Crippen LogP contribution in [0.4, 0.5) is 17.6 Å². The molecule has 0 aliphatic heterocycles. The summed E-state index contributed by atoms with van der Waals surface area (Å²) in [7, 11) is -5.91. The molecule has 190 valence electrons. The van der Waals surface area contributed by atoms with Crippen LogP contribution in [-0.2, 0) is 12.6 Å². The van der Waals surface area contributed by atoms with Gasteiger partial charge in [0.1, 0.15) is 0 Å². The van der Waals surface area contributed by atoms with Gasteiger partial charge in [-0.05, 0) is 0 Å². The second-order valence-electron chi connectivity index (χ2n) is 10.5. The van der Waals surface area contributed by atoms with Crippen molar-refractivity contribution in [1.82, 2.24) is 0 Å². The van der Waals surface area contributed by atoms with Gasteiger partial charge in [-0.2, -0.15) is 0 Å². The van der Waals surface area contributed by atoms with E-state index in [0.717, 1.165) is 19.3 Å². The van der Waals surface area contributed by atoms with E-state index >= 15 is 17.6 Å². The van der Waals surface area contributed by atoms with E-state index in [-0.39, 0.29) is 18.3 Å². The third-order valence-electron chi connectivity index (χ3n) is 8.91. The Kier molecular flexibility index (Phi) is 5.80. The molecule has 0 radical (unpaired) electrons. The molecule has 4 aliphatic carbocycles. The average molecular weight is 622 g/mol. The molecule has 9 heteroatoms. The molecule has 0 N–H and O–H groups in total. The Hall–Kier alpha value is -1.20. The fourth-order valence-corrected chi connectivity index (χ4v) is 14.8. The van der Waals surface area contributed by atoms with Crippen LogP contribution in [0.15, 0.2) is 60.7 Å². The minimum atomic E-state index is -5.91. The number of rotatable bonds is 7. The minimum absolute atomic E-state index is 0.00700. The molecule has 0 spiro atoms. The normalized spacial score (nSPS) is 34.3. The Morgan fingerprint density at radius 2 is 1.29 bits per heavy atom. The van der Waals surface area contributed by atoms with E-state index in [1.165, 1.54) is 0 Å². The third-order valence-corrected chi connectivity index (χ3v) is 16.3. The van der Waals surface area contributed by atoms with E-state index < -0.39 is 53.4 Å². The molecule has 4 saturated carbocycles. The molecular weight excluding hydrogens is 595 g/mol. The Morgan fingerprint density at radius 3 is 1.86 bits per heavy atom. The van der Waals surface area contributed by atoms with Crippen molar-refractivity contribution in [2.75, 3.05) is 0 Å². The fourth-order valence-electron chi connectivity index (χ4n) is 7.74. The summed E-state index contributed by atoms with van der Waals surface area (Å²) in [5, 5.41) is -5.30. The molecule has 4 fully saturated rings. The van der Waals surface area contributed by atoms with E-state index in [1.54, 1.807) is 60.7 Å². The zero-order chi connectivity index (χ0) is 24.6. The number of fused-ring (bicyclic) bond motifs is 9. The molecule has 0 aromatic heterocycles. The van der Waals surface area contributed by atoms with Crippen LogP contribution in [0.1, 0.15) is 32.1 Å². The van der Waals surface area contributed by atoms with E-state index in [0.29, 0.717) is 31.3 Å². The molecule has 0 heterocycles. The average Bonchev–Trinajstić information content (AvgIpc) is 3.64. The van der Waals surface area contributed by atoms with Gasteiger partial charge in [-0.15, -0.1) is 0 Å². The Balaban J connectivity index is 1.30. The van der Waals surface area contributed by atoms with Gasteiger partial charge >= 0.3 is 211 Å². The summed E-state index contributed by atoms with van der Waals surface area (Å²) in [6.07, 6.45) is 3.60. The molecule has 7 unspecified atom stereocenters. The summed E-state index contributed by atoms with van der Waals surface area (Å²) in [5.74, 6) is -5.58. The van der Waals surface area contributed by atoms with Crippen LogP contribution in [0.2, 0.25) is 0 Å². The number of halogens is 5. The number of hydrogen-bond donors (Lipinski definition) is 0. The molecule has 0 saturated heterocycles. The van der Waals surface area contributed by atoms with Crippen LogP contribution in [-0.4, -0.2) is 19.6 Å². The summed E-state index contributed by atoms with van der Waals surface area (Å²) in [6, 6.07) is 16.4. The van der Waals surface area contributed by atoms with Gasteiger partial charge in [-0.3, -0.25) is 0 Å². The van der Waals surface area contributed by atoms with E-state index in [9.17, 15) is 8.42 Å². The Morgan fingerprint density at radius 1 is 0.743 bits per heavy atom. The van der Waals surface area contributed by atoms with E-state index in [4.69, 9.17) is 2.51 Å². The van der Waals surface area contributed by atoms with Gasteiger partial charge in [0, 0.05) is 0 Å². The Bertz CT molecular complexity index is 1150. The standard InChI is InChI=1S/C26H27F4IO3S/c27-25(28,22-15-18-14-21(22)24-17-12-11-16(13-17)23(18)24)26(29,30)35(32,33)34-31(19-7-3-1-4-8-19)20-9-5-2-6-10-20/h1-10,16-18,21-24H,11-15H2. The summed E-state index contributed by atoms with van der Waals surface area (Å²) in [5.41, 5.74) is 0. The van der Waals surface area contributed by atoms with Crippen molar-refractivity contribution in [3.05, 3.63) is 67.8 Å². The molecule has 35 heavy (non-hydrogen) atoms. The molecule has 2 aromatic carbocycles. The first-order valence-corrected chi connectivity index (χ1v) is 16.6. The molecule has 0 amide bonds. The Labute approximate surface area is 210 Å². The van der Waals surface area contributed by atoms with Crippen LogP contribution in [0.25, 0.3) is 0 Å². The molecule has 2 aromatic rings. The van der Waals surface area contributed by atoms with Gasteiger partial charge < -0.3 is 0 Å². The van der Waals surface area contributed by atoms with Crippen molar-refractivity contribution in [1.29, 1.82) is 0 Å². The zero-order valence-electron chi connectivity index (χ0n) is 18.9. The van der Waals surface area contributed by atoms with Crippen LogP contribution in [0.3, 0.4) is 0 Å². The predicted octanol–water partition coefficient (Wildman–Crippen LogP) is 7.04. The van der Waals surface area contributed by atoms with Gasteiger partial charge in [-0.1, -0.05) is 0 Å². The first kappa shape index (κ1) is 24.2. The number of hydrogen-bond acceptors (Lipinski definition) is 3. The van der Waals surface area contributed by atoms with Crippen LogP contribution in [0, 0.1) is 48.6 Å². The third kappa shape index (κ3) is 3.61. The molecule has 3 nitrogen and oxygen atoms in total. The maximum absolute atomic E-state index is 15.6. The summed E-state index contributed by atoms with van der Waals surface area (Å²) in [6.45, 7) is 0. The molecular formula is C26H27F4IO3S. The first-order valence-electron chi connectivity index (χ1n) is 12.1. The number of benzene rings is 2. The maximum atomic E-state index is 15.6. The van der Waals surface area contributed by atoms with Crippen molar-refractivity contribution < 1.29 is 28.5 Å². The van der Waals surface area contributed by atoms with Crippen molar-refractivity contribution in [3.63, 3.8) is 0 Å². The summed E-state index contributed by atoms with van der Waals surface area (Å²) >= 11 is -3.45. The van der Waals surface area contributed by atoms with Crippen molar-refractivity contribution in [3.8, 4) is 0 Å². The SMILES string of the molecule is O=S(=O)(OI(c1ccccc1)c1ccccc1)C(F)(F)C(F)(F)C1CC2CC1C1C3CCC(C3)C21. The summed E-state index contributed by atoms with van der Waals surface area (Å²) < 4.78 is 94.1. The topological polar surface area (TPSA) is 43.4 Å². The molecule has 4 aliphatic rings. The van der Waals surface area contributed by atoms with Gasteiger partial charge in [0.25, 0.3) is 0 Å². The van der Waals surface area contributed by atoms with Gasteiger partial charge in [0.05, 0.1) is 0 Å². The van der Waals surface area contributed by atoms with Crippen LogP contribution >= 0.6 is 20.2 Å².